The van der Waals surface area contributed by atoms with E-state index in [4.69, 9.17) is 23.3 Å². The smallest absolute Gasteiger partial charge is 0.462 e. The summed E-state index contributed by atoms with van der Waals surface area (Å²) in [6, 6.07) is 0. The predicted molar refractivity (Wildman–Crippen MR) is 279 cm³/mol. The van der Waals surface area contributed by atoms with Gasteiger partial charge in [-0.05, 0) is 116 Å². The Kier molecular flexibility index (Phi) is 46.7. The third-order valence-corrected chi connectivity index (χ3v) is 11.1. The van der Waals surface area contributed by atoms with Gasteiger partial charge in [0.25, 0.3) is 0 Å². The second kappa shape index (κ2) is 49.6. The number of phosphoric ester groups is 1. The van der Waals surface area contributed by atoms with Crippen LogP contribution in [0.3, 0.4) is 0 Å². The minimum atomic E-state index is -4.77. The summed E-state index contributed by atoms with van der Waals surface area (Å²) >= 11 is 0. The van der Waals surface area contributed by atoms with Crippen LogP contribution in [0.5, 0.6) is 0 Å². The molecule has 0 fully saturated rings. The number of hydrogen-bond acceptors (Lipinski definition) is 10. The molecule has 0 aliphatic carbocycles. The molecule has 0 radical (unpaired) electrons. The van der Waals surface area contributed by atoms with Crippen molar-refractivity contribution >= 4 is 25.7 Å². The molecule has 0 saturated heterocycles. The molecule has 68 heavy (non-hydrogen) atoms. The Bertz CT molecular complexity index is 1550. The minimum absolute atomic E-state index is 0.104. The Hall–Kier alpha value is -3.86. The van der Waals surface area contributed by atoms with Gasteiger partial charge in [0.2, 0.25) is 0 Å². The fraction of sp³-hybridized carbons (Fsp3) is 0.625. The van der Waals surface area contributed by atoms with Gasteiger partial charge < -0.3 is 24.2 Å². The Labute approximate surface area is 412 Å². The lowest BCUT2D eigenvalue weighted by Gasteiger charge is -2.21. The van der Waals surface area contributed by atoms with E-state index in [-0.39, 0.29) is 25.9 Å². The maximum absolute atomic E-state index is 12.8. The van der Waals surface area contributed by atoms with Gasteiger partial charge in [0.15, 0.2) is 6.10 Å². The Balaban J connectivity index is 4.87. The summed E-state index contributed by atoms with van der Waals surface area (Å²) in [4.78, 5) is 48.3. The molecule has 0 amide bonds. The van der Waals surface area contributed by atoms with E-state index in [2.05, 4.69) is 130 Å². The fourth-order valence-corrected chi connectivity index (χ4v) is 7.06. The number of unbranched alkanes of at least 4 members (excludes halogenated alkanes) is 11. The first-order valence-electron chi connectivity index (χ1n) is 25.8. The molecule has 0 spiro atoms. The van der Waals surface area contributed by atoms with Crippen LogP contribution < -0.4 is 0 Å². The first kappa shape index (κ1) is 64.1. The molecule has 0 aliphatic rings. The van der Waals surface area contributed by atoms with Gasteiger partial charge >= 0.3 is 25.7 Å². The van der Waals surface area contributed by atoms with Crippen molar-refractivity contribution in [2.45, 2.75) is 200 Å². The summed E-state index contributed by atoms with van der Waals surface area (Å²) < 4.78 is 39.3. The van der Waals surface area contributed by atoms with Gasteiger partial charge in [0, 0.05) is 19.3 Å². The first-order chi connectivity index (χ1) is 33.2. The van der Waals surface area contributed by atoms with Gasteiger partial charge in [0.05, 0.1) is 19.8 Å². The van der Waals surface area contributed by atoms with Crippen LogP contribution in [0.4, 0.5) is 0 Å². The van der Waals surface area contributed by atoms with E-state index < -0.39 is 57.8 Å². The fourth-order valence-electron chi connectivity index (χ4n) is 6.28. The lowest BCUT2D eigenvalue weighted by molar-refractivity contribution is -0.161. The molecule has 386 valence electrons. The van der Waals surface area contributed by atoms with Crippen LogP contribution in [0.25, 0.3) is 0 Å². The van der Waals surface area contributed by atoms with E-state index in [1.807, 2.05) is 0 Å². The van der Waals surface area contributed by atoms with Crippen LogP contribution in [0.15, 0.2) is 109 Å². The molecule has 0 aromatic rings. The third-order valence-electron chi connectivity index (χ3n) is 10.1. The number of allylic oxidation sites excluding steroid dienone is 18. The number of ether oxygens (including phenoxy) is 3. The van der Waals surface area contributed by atoms with E-state index in [1.165, 1.54) is 0 Å². The van der Waals surface area contributed by atoms with Crippen LogP contribution in [0.1, 0.15) is 188 Å². The maximum atomic E-state index is 12.8. The van der Waals surface area contributed by atoms with Crippen molar-refractivity contribution in [2.24, 2.45) is 0 Å². The number of carbonyl (C=O) groups is 3. The number of esters is 3. The topological polar surface area (TPSA) is 155 Å². The van der Waals surface area contributed by atoms with E-state index in [1.54, 1.807) is 0 Å². The summed E-state index contributed by atoms with van der Waals surface area (Å²) in [5.41, 5.74) is 0. The Morgan fingerprint density at radius 3 is 1.22 bits per heavy atom. The summed E-state index contributed by atoms with van der Waals surface area (Å²) in [7, 11) is -4.77. The molecule has 3 atom stereocenters. The molecule has 0 bridgehead atoms. The van der Waals surface area contributed by atoms with Gasteiger partial charge in [-0.25, -0.2) is 4.57 Å². The highest BCUT2D eigenvalue weighted by Crippen LogP contribution is 2.43. The monoisotopic (exact) mass is 971 g/mol. The highest BCUT2D eigenvalue weighted by Gasteiger charge is 2.28. The van der Waals surface area contributed by atoms with Crippen LogP contribution in [0.2, 0.25) is 0 Å². The molecule has 0 heterocycles. The van der Waals surface area contributed by atoms with Gasteiger partial charge in [-0.1, -0.05) is 162 Å². The molecular weight excluding hydrogens is 880 g/mol. The number of carbonyl (C=O) groups excluding carboxylic acids is 3. The van der Waals surface area contributed by atoms with Gasteiger partial charge in [-0.2, -0.15) is 0 Å². The normalized spacial score (nSPS) is 14.4. The molecule has 0 saturated carbocycles. The predicted octanol–water partition coefficient (Wildman–Crippen LogP) is 14.7. The number of aliphatic hydroxyl groups is 1. The Morgan fingerprint density at radius 2 is 0.765 bits per heavy atom. The minimum Gasteiger partial charge on any atom is -0.462 e. The maximum Gasteiger partial charge on any atom is 0.472 e. The molecular formula is C56H91O11P. The van der Waals surface area contributed by atoms with E-state index >= 15 is 0 Å². The highest BCUT2D eigenvalue weighted by atomic mass is 31.2. The van der Waals surface area contributed by atoms with E-state index in [0.717, 1.165) is 128 Å². The summed E-state index contributed by atoms with van der Waals surface area (Å²) in [5, 5.41) is 9.77. The average Bonchev–Trinajstić information content (AvgIpc) is 3.32. The zero-order valence-electron chi connectivity index (χ0n) is 42.3. The number of aliphatic hydroxyl groups excluding tert-OH is 1. The molecule has 0 rings (SSSR count). The van der Waals surface area contributed by atoms with Crippen molar-refractivity contribution in [3.8, 4) is 0 Å². The van der Waals surface area contributed by atoms with E-state index in [9.17, 15) is 28.9 Å². The van der Waals surface area contributed by atoms with Crippen molar-refractivity contribution in [1.29, 1.82) is 0 Å². The molecule has 0 aliphatic heterocycles. The standard InChI is InChI=1S/C56H91O11P/c1-4-7-10-13-16-19-22-25-26-29-32-35-38-41-44-47-56(60)67-53(49-63-54(58)45-42-39-36-33-30-27-23-20-17-14-11-8-5-2)51-65-68(61,62)64-50-52(48-57)66-55(59)46-43-40-37-34-31-28-24-21-18-15-12-9-6-3/h7,9-12,14,16,18-21,23,25-26,28,31-32,35,52-53,57H,4-6,8,13,15,17,22,24,27,29-30,33-34,36-51H2,1-3H3,(H,61,62)/b10-7-,12-9-,14-11-,19-16-,21-18-,23-20-,26-25-,31-28-,35-32-. The number of phosphoric acid groups is 1. The van der Waals surface area contributed by atoms with Crippen molar-refractivity contribution in [2.75, 3.05) is 26.4 Å². The van der Waals surface area contributed by atoms with Crippen molar-refractivity contribution in [1.82, 2.24) is 0 Å². The molecule has 12 heteroatoms. The van der Waals surface area contributed by atoms with Crippen molar-refractivity contribution < 1.29 is 52.2 Å². The van der Waals surface area contributed by atoms with Crippen LogP contribution in [0, 0.1) is 0 Å². The Morgan fingerprint density at radius 1 is 0.426 bits per heavy atom. The van der Waals surface area contributed by atoms with Gasteiger partial charge in [-0.15, -0.1) is 0 Å². The van der Waals surface area contributed by atoms with Crippen molar-refractivity contribution in [3.63, 3.8) is 0 Å². The number of rotatable bonds is 46. The second-order valence-corrected chi connectivity index (χ2v) is 18.0. The molecule has 2 N–H and O–H groups in total. The van der Waals surface area contributed by atoms with Gasteiger partial charge in [0.1, 0.15) is 12.7 Å². The lowest BCUT2D eigenvalue weighted by atomic mass is 10.1. The zero-order valence-corrected chi connectivity index (χ0v) is 43.2. The molecule has 0 aromatic carbocycles. The summed E-state index contributed by atoms with van der Waals surface area (Å²) in [6.07, 6.45) is 57.8. The van der Waals surface area contributed by atoms with Crippen LogP contribution in [-0.4, -0.2) is 66.5 Å². The van der Waals surface area contributed by atoms with Crippen molar-refractivity contribution in [3.05, 3.63) is 109 Å². The zero-order chi connectivity index (χ0) is 49.9. The first-order valence-corrected chi connectivity index (χ1v) is 27.3. The lowest BCUT2D eigenvalue weighted by Crippen LogP contribution is -2.30. The second-order valence-electron chi connectivity index (χ2n) is 16.6. The molecule has 0 aromatic heterocycles. The van der Waals surface area contributed by atoms with Gasteiger partial charge in [-0.3, -0.25) is 23.4 Å². The summed E-state index contributed by atoms with van der Waals surface area (Å²) in [6.45, 7) is 4.21. The average molecular weight is 971 g/mol. The highest BCUT2D eigenvalue weighted by molar-refractivity contribution is 7.47. The van der Waals surface area contributed by atoms with Crippen LogP contribution in [-0.2, 0) is 42.2 Å². The third kappa shape index (κ3) is 47.2. The molecule has 11 nitrogen and oxygen atoms in total. The quantitative estimate of drug-likeness (QED) is 0.0197. The number of hydrogen-bond donors (Lipinski definition) is 2. The largest absolute Gasteiger partial charge is 0.472 e. The van der Waals surface area contributed by atoms with Crippen LogP contribution >= 0.6 is 7.82 Å². The summed E-state index contributed by atoms with van der Waals surface area (Å²) in [5.74, 6) is -1.58. The molecule has 3 unspecified atom stereocenters. The SMILES string of the molecule is CC/C=C\C/C=C\C/C=C\C/C=C\CCCCC(=O)OC(COC(=O)CCCCCCC/C=C\C/C=C\CCC)COP(=O)(O)OCC(CO)OC(=O)CCCCC/C=C\C/C=C\C/C=C\CC. The van der Waals surface area contributed by atoms with E-state index in [0.29, 0.717) is 19.3 Å².